The summed E-state index contributed by atoms with van der Waals surface area (Å²) in [7, 11) is 0. The van der Waals surface area contributed by atoms with Crippen molar-refractivity contribution in [3.05, 3.63) is 34.6 Å². The second kappa shape index (κ2) is 4.49. The maximum Gasteiger partial charge on any atom is 0.327 e. The zero-order valence-electron chi connectivity index (χ0n) is 10.1. The van der Waals surface area contributed by atoms with Crippen LogP contribution >= 0.6 is 11.6 Å². The van der Waals surface area contributed by atoms with Crippen molar-refractivity contribution in [3.8, 4) is 0 Å². The number of nitrogens with zero attached hydrogens (tertiary/aromatic N) is 2. The molecule has 2 saturated heterocycles. The molecule has 3 amide bonds. The van der Waals surface area contributed by atoms with Crippen LogP contribution in [0.2, 0.25) is 5.02 Å². The number of rotatable bonds is 2. The molecule has 0 radical (unpaired) electrons. The molecule has 2 aliphatic rings. The predicted octanol–water partition coefficient (Wildman–Crippen LogP) is 2.41. The summed E-state index contributed by atoms with van der Waals surface area (Å²) in [4.78, 5) is 26.8. The number of carbonyl (C=O) groups is 2. The van der Waals surface area contributed by atoms with Gasteiger partial charge in [-0.15, -0.1) is 0 Å². The van der Waals surface area contributed by atoms with Crippen LogP contribution in [0.25, 0.3) is 0 Å². The number of carbonyl (C=O) groups excluding carboxylic acids is 2. The lowest BCUT2D eigenvalue weighted by molar-refractivity contribution is -0.128. The van der Waals surface area contributed by atoms with Crippen LogP contribution in [0.15, 0.2) is 18.2 Å². The van der Waals surface area contributed by atoms with E-state index >= 15 is 0 Å². The molecule has 0 saturated carbocycles. The topological polar surface area (TPSA) is 40.6 Å². The summed E-state index contributed by atoms with van der Waals surface area (Å²) in [6.07, 6.45) is 1.54. The van der Waals surface area contributed by atoms with Crippen LogP contribution in [0, 0.1) is 5.82 Å². The van der Waals surface area contributed by atoms with Crippen molar-refractivity contribution in [1.82, 2.24) is 9.80 Å². The molecule has 1 aromatic rings. The summed E-state index contributed by atoms with van der Waals surface area (Å²) in [6.45, 7) is 0.542. The number of halogens is 2. The minimum atomic E-state index is -0.461. The number of hydrogen-bond donors (Lipinski definition) is 0. The molecule has 0 spiro atoms. The van der Waals surface area contributed by atoms with Gasteiger partial charge in [0.15, 0.2) is 0 Å². The van der Waals surface area contributed by atoms with Crippen molar-refractivity contribution in [2.75, 3.05) is 6.54 Å². The largest absolute Gasteiger partial charge is 0.327 e. The van der Waals surface area contributed by atoms with E-state index in [0.717, 1.165) is 11.3 Å². The molecular formula is C13H12ClFN2O2. The van der Waals surface area contributed by atoms with E-state index in [4.69, 9.17) is 11.6 Å². The van der Waals surface area contributed by atoms with E-state index in [2.05, 4.69) is 0 Å². The van der Waals surface area contributed by atoms with Crippen LogP contribution in [0.4, 0.5) is 9.18 Å². The number of hydrogen-bond acceptors (Lipinski definition) is 2. The quantitative estimate of drug-likeness (QED) is 0.782. The Balaban J connectivity index is 1.86. The molecule has 1 atom stereocenters. The third-order valence-electron chi connectivity index (χ3n) is 3.62. The highest BCUT2D eigenvalue weighted by molar-refractivity contribution is 6.30. The lowest BCUT2D eigenvalue weighted by atomic mass is 10.2. The second-order valence-electron chi connectivity index (χ2n) is 4.79. The normalized spacial score (nSPS) is 22.3. The Morgan fingerprint density at radius 2 is 2.16 bits per heavy atom. The van der Waals surface area contributed by atoms with Crippen molar-refractivity contribution < 1.29 is 14.0 Å². The zero-order valence-corrected chi connectivity index (χ0v) is 10.9. The first-order valence-electron chi connectivity index (χ1n) is 6.14. The van der Waals surface area contributed by atoms with Gasteiger partial charge in [-0.25, -0.2) is 9.18 Å². The molecule has 6 heteroatoms. The molecule has 100 valence electrons. The molecule has 3 rings (SSSR count). The van der Waals surface area contributed by atoms with Gasteiger partial charge >= 0.3 is 6.03 Å². The maximum absolute atomic E-state index is 13.6. The monoisotopic (exact) mass is 282 g/mol. The van der Waals surface area contributed by atoms with E-state index in [0.29, 0.717) is 18.0 Å². The van der Waals surface area contributed by atoms with E-state index in [1.807, 2.05) is 0 Å². The van der Waals surface area contributed by atoms with Crippen LogP contribution < -0.4 is 0 Å². The SMILES string of the molecule is O=C1[C@@H]2CCCN2C(=O)N1Cc1cc(Cl)ccc1F. The highest BCUT2D eigenvalue weighted by Crippen LogP contribution is 2.29. The summed E-state index contributed by atoms with van der Waals surface area (Å²) in [6, 6.07) is 3.44. The second-order valence-corrected chi connectivity index (χ2v) is 5.23. The molecule has 2 fully saturated rings. The lowest BCUT2D eigenvalue weighted by Gasteiger charge is -2.16. The van der Waals surface area contributed by atoms with Crippen LogP contribution in [0.1, 0.15) is 18.4 Å². The van der Waals surface area contributed by atoms with Crippen molar-refractivity contribution in [2.45, 2.75) is 25.4 Å². The lowest BCUT2D eigenvalue weighted by Crippen LogP contribution is -2.32. The standard InChI is InChI=1S/C13H12ClFN2O2/c14-9-3-4-10(15)8(6-9)7-17-12(18)11-2-1-5-16(11)13(17)19/h3-4,6,11H,1-2,5,7H2/t11-/m0/s1. The smallest absolute Gasteiger partial charge is 0.312 e. The third kappa shape index (κ3) is 1.98. The van der Waals surface area contributed by atoms with Crippen LogP contribution in [0.3, 0.4) is 0 Å². The Morgan fingerprint density at radius 1 is 1.37 bits per heavy atom. The molecule has 0 N–H and O–H groups in total. The Kier molecular flexibility index (Phi) is 2.93. The molecule has 1 aromatic carbocycles. The van der Waals surface area contributed by atoms with Gasteiger partial charge in [-0.3, -0.25) is 9.69 Å². The van der Waals surface area contributed by atoms with Crippen molar-refractivity contribution in [2.24, 2.45) is 0 Å². The first kappa shape index (κ1) is 12.4. The Hall–Kier alpha value is -1.62. The van der Waals surface area contributed by atoms with Crippen LogP contribution in [0.5, 0.6) is 0 Å². The van der Waals surface area contributed by atoms with Gasteiger partial charge in [0.25, 0.3) is 5.91 Å². The maximum atomic E-state index is 13.6. The van der Waals surface area contributed by atoms with Crippen LogP contribution in [-0.2, 0) is 11.3 Å². The highest BCUT2D eigenvalue weighted by atomic mass is 35.5. The summed E-state index contributed by atoms with van der Waals surface area (Å²) < 4.78 is 13.6. The van der Waals surface area contributed by atoms with E-state index in [1.54, 1.807) is 4.90 Å². The van der Waals surface area contributed by atoms with E-state index in [1.165, 1.54) is 18.2 Å². The minimum absolute atomic E-state index is 0.0585. The molecule has 2 aliphatic heterocycles. The number of urea groups is 1. The first-order chi connectivity index (χ1) is 9.08. The number of amides is 3. The van der Waals surface area contributed by atoms with Gasteiger partial charge in [0.05, 0.1) is 6.54 Å². The zero-order chi connectivity index (χ0) is 13.6. The van der Waals surface area contributed by atoms with Gasteiger partial charge in [0.1, 0.15) is 11.9 Å². The average Bonchev–Trinajstić information content (AvgIpc) is 2.94. The Bertz CT molecular complexity index is 542. The fourth-order valence-electron chi connectivity index (χ4n) is 2.66. The number of imide groups is 1. The molecular weight excluding hydrogens is 271 g/mol. The average molecular weight is 283 g/mol. The summed E-state index contributed by atoms with van der Waals surface area (Å²) in [5, 5.41) is 0.385. The van der Waals surface area contributed by atoms with Crippen LogP contribution in [-0.4, -0.2) is 34.3 Å². The van der Waals surface area contributed by atoms with E-state index < -0.39 is 5.82 Å². The van der Waals surface area contributed by atoms with Crippen molar-refractivity contribution >= 4 is 23.5 Å². The van der Waals surface area contributed by atoms with E-state index in [-0.39, 0.29) is 30.1 Å². The molecule has 4 nitrogen and oxygen atoms in total. The summed E-state index contributed by atoms with van der Waals surface area (Å²) in [5.41, 5.74) is 0.260. The minimum Gasteiger partial charge on any atom is -0.312 e. The Morgan fingerprint density at radius 3 is 2.89 bits per heavy atom. The van der Waals surface area contributed by atoms with E-state index in [9.17, 15) is 14.0 Å². The molecule has 0 bridgehead atoms. The van der Waals surface area contributed by atoms with Gasteiger partial charge < -0.3 is 4.90 Å². The molecule has 0 aliphatic carbocycles. The molecule has 0 aromatic heterocycles. The van der Waals surface area contributed by atoms with Crippen molar-refractivity contribution in [3.63, 3.8) is 0 Å². The fourth-order valence-corrected chi connectivity index (χ4v) is 2.86. The molecule has 19 heavy (non-hydrogen) atoms. The predicted molar refractivity (Wildman–Crippen MR) is 67.1 cm³/mol. The molecule has 2 heterocycles. The summed E-state index contributed by atoms with van der Waals surface area (Å²) >= 11 is 5.81. The fraction of sp³-hybridized carbons (Fsp3) is 0.385. The third-order valence-corrected chi connectivity index (χ3v) is 3.85. The van der Waals surface area contributed by atoms with Gasteiger partial charge in [-0.2, -0.15) is 0 Å². The van der Waals surface area contributed by atoms with Gasteiger partial charge in [-0.1, -0.05) is 11.6 Å². The van der Waals surface area contributed by atoms with Gasteiger partial charge in [0.2, 0.25) is 0 Å². The number of benzene rings is 1. The molecule has 0 unspecified atom stereocenters. The Labute approximate surface area is 114 Å². The summed E-state index contributed by atoms with van der Waals surface area (Å²) in [5.74, 6) is -0.695. The van der Waals surface area contributed by atoms with Crippen molar-refractivity contribution in [1.29, 1.82) is 0 Å². The first-order valence-corrected chi connectivity index (χ1v) is 6.51. The van der Waals surface area contributed by atoms with Gasteiger partial charge in [0, 0.05) is 17.1 Å². The highest BCUT2D eigenvalue weighted by Gasteiger charge is 2.47. The number of fused-ring (bicyclic) bond motifs is 1. The van der Waals surface area contributed by atoms with Gasteiger partial charge in [-0.05, 0) is 31.0 Å².